The normalized spacial score (nSPS) is 16.5. The van der Waals surface area contributed by atoms with Gasteiger partial charge in [-0.3, -0.25) is 4.79 Å². The van der Waals surface area contributed by atoms with Crippen molar-refractivity contribution in [2.24, 2.45) is 10.9 Å². The molecule has 6 nitrogen and oxygen atoms in total. The minimum Gasteiger partial charge on any atom is -0.312 e. The molecule has 4 rings (SSSR count). The van der Waals surface area contributed by atoms with Crippen LogP contribution in [-0.2, 0) is 16.6 Å². The number of thiazole rings is 1. The van der Waals surface area contributed by atoms with E-state index in [0.29, 0.717) is 35.9 Å². The van der Waals surface area contributed by atoms with Gasteiger partial charge in [0.25, 0.3) is 5.91 Å². The minimum absolute atomic E-state index is 0.206. The average molecular weight is 535 g/mol. The zero-order chi connectivity index (χ0) is 22.9. The Morgan fingerprint density at radius 1 is 1.22 bits per heavy atom. The number of piperidine rings is 1. The molecule has 1 fully saturated rings. The first-order valence-electron chi connectivity index (χ1n) is 10.4. The van der Waals surface area contributed by atoms with Gasteiger partial charge in [-0.1, -0.05) is 40.3 Å². The Morgan fingerprint density at radius 2 is 1.91 bits per heavy atom. The number of carbonyl (C=O) groups excluding carboxylic acids is 1. The van der Waals surface area contributed by atoms with Crippen LogP contribution < -0.4 is 4.80 Å². The first kappa shape index (κ1) is 23.1. The molecular formula is C23H24BrN3O3S2. The summed E-state index contributed by atoms with van der Waals surface area (Å²) in [7, 11) is -3.55. The molecule has 32 heavy (non-hydrogen) atoms. The zero-order valence-corrected chi connectivity index (χ0v) is 20.9. The summed E-state index contributed by atoms with van der Waals surface area (Å²) in [6, 6.07) is 12.0. The molecule has 1 aromatic heterocycles. The van der Waals surface area contributed by atoms with Crippen molar-refractivity contribution in [3.63, 3.8) is 0 Å². The van der Waals surface area contributed by atoms with Crippen LogP contribution in [0, 0.1) is 5.92 Å². The Balaban J connectivity index is 1.63. The molecule has 1 aliphatic heterocycles. The fraction of sp³-hybridized carbons (Fsp3) is 0.304. The van der Waals surface area contributed by atoms with Gasteiger partial charge < -0.3 is 4.57 Å². The van der Waals surface area contributed by atoms with Crippen molar-refractivity contribution in [1.82, 2.24) is 8.87 Å². The van der Waals surface area contributed by atoms with Crippen molar-refractivity contribution in [2.45, 2.75) is 31.2 Å². The minimum atomic E-state index is -3.55. The lowest BCUT2D eigenvalue weighted by molar-refractivity contribution is 0.0997. The molecule has 1 saturated heterocycles. The number of fused-ring (bicyclic) bond motifs is 1. The number of sulfonamides is 1. The van der Waals surface area contributed by atoms with E-state index in [9.17, 15) is 13.2 Å². The molecule has 1 aliphatic rings. The van der Waals surface area contributed by atoms with E-state index in [1.54, 1.807) is 6.08 Å². The Bertz CT molecular complexity index is 1330. The van der Waals surface area contributed by atoms with Crippen LogP contribution in [-0.4, -0.2) is 36.3 Å². The van der Waals surface area contributed by atoms with E-state index in [0.717, 1.165) is 27.5 Å². The standard InChI is InChI=1S/C23H24BrN3O3S2/c1-3-12-27-20-9-6-18(24)15-21(20)31-23(27)25-22(28)17-4-7-19(8-5-17)32(29,30)26-13-10-16(2)11-14-26/h3-9,15-16H,1,10-14H2,2H3. The summed E-state index contributed by atoms with van der Waals surface area (Å²) in [4.78, 5) is 17.9. The van der Waals surface area contributed by atoms with Crippen LogP contribution in [0.4, 0.5) is 0 Å². The Hall–Kier alpha value is -2.07. The van der Waals surface area contributed by atoms with Gasteiger partial charge in [0.15, 0.2) is 4.80 Å². The highest BCUT2D eigenvalue weighted by molar-refractivity contribution is 9.10. The topological polar surface area (TPSA) is 71.7 Å². The summed E-state index contributed by atoms with van der Waals surface area (Å²) in [5.74, 6) is 0.131. The molecular weight excluding hydrogens is 510 g/mol. The number of amides is 1. The quantitative estimate of drug-likeness (QED) is 0.441. The van der Waals surface area contributed by atoms with E-state index in [-0.39, 0.29) is 4.90 Å². The van der Waals surface area contributed by atoms with E-state index >= 15 is 0 Å². The van der Waals surface area contributed by atoms with Crippen molar-refractivity contribution in [3.05, 3.63) is 70.0 Å². The maximum Gasteiger partial charge on any atom is 0.279 e. The van der Waals surface area contributed by atoms with Gasteiger partial charge in [-0.15, -0.1) is 6.58 Å². The molecule has 2 aromatic carbocycles. The Labute approximate surface area is 200 Å². The number of allylic oxidation sites excluding steroid dienone is 1. The molecule has 0 aliphatic carbocycles. The molecule has 0 spiro atoms. The maximum absolute atomic E-state index is 12.9. The van der Waals surface area contributed by atoms with Gasteiger partial charge in [0.1, 0.15) is 0 Å². The number of hydrogen-bond donors (Lipinski definition) is 0. The fourth-order valence-corrected chi connectivity index (χ4v) is 6.79. The van der Waals surface area contributed by atoms with Crippen molar-refractivity contribution in [2.75, 3.05) is 13.1 Å². The molecule has 0 saturated carbocycles. The molecule has 0 unspecified atom stereocenters. The van der Waals surface area contributed by atoms with Gasteiger partial charge in [0.05, 0.1) is 15.1 Å². The van der Waals surface area contributed by atoms with E-state index in [1.165, 1.54) is 39.9 Å². The SMILES string of the molecule is C=CCn1c(=NC(=O)c2ccc(S(=O)(=O)N3CCC(C)CC3)cc2)sc2cc(Br)ccc21. The van der Waals surface area contributed by atoms with Gasteiger partial charge in [0, 0.05) is 29.7 Å². The van der Waals surface area contributed by atoms with Crippen molar-refractivity contribution in [3.8, 4) is 0 Å². The van der Waals surface area contributed by atoms with Crippen LogP contribution in [0.5, 0.6) is 0 Å². The molecule has 0 N–H and O–H groups in total. The van der Waals surface area contributed by atoms with Crippen molar-refractivity contribution < 1.29 is 13.2 Å². The number of benzene rings is 2. The smallest absolute Gasteiger partial charge is 0.279 e. The van der Waals surface area contributed by atoms with E-state index in [2.05, 4.69) is 34.4 Å². The predicted octanol–water partition coefficient (Wildman–Crippen LogP) is 4.81. The van der Waals surface area contributed by atoms with Crippen LogP contribution >= 0.6 is 27.3 Å². The second-order valence-corrected chi connectivity index (χ2v) is 11.8. The van der Waals surface area contributed by atoms with Crippen LogP contribution in [0.2, 0.25) is 0 Å². The molecule has 0 bridgehead atoms. The highest BCUT2D eigenvalue weighted by Gasteiger charge is 2.28. The summed E-state index contributed by atoms with van der Waals surface area (Å²) in [6.45, 7) is 7.53. The molecule has 3 aromatic rings. The van der Waals surface area contributed by atoms with Crippen LogP contribution in [0.3, 0.4) is 0 Å². The van der Waals surface area contributed by atoms with Gasteiger partial charge in [0.2, 0.25) is 10.0 Å². The molecule has 168 valence electrons. The summed E-state index contributed by atoms with van der Waals surface area (Å²) < 4.78 is 31.3. The number of halogens is 1. The third kappa shape index (κ3) is 4.66. The summed E-state index contributed by atoms with van der Waals surface area (Å²) >= 11 is 4.90. The van der Waals surface area contributed by atoms with Crippen LogP contribution in [0.25, 0.3) is 10.2 Å². The average Bonchev–Trinajstić information content (AvgIpc) is 3.10. The molecule has 0 radical (unpaired) electrons. The summed E-state index contributed by atoms with van der Waals surface area (Å²) in [5, 5.41) is 0. The number of rotatable bonds is 5. The lowest BCUT2D eigenvalue weighted by Gasteiger charge is -2.29. The van der Waals surface area contributed by atoms with Crippen LogP contribution in [0.15, 0.2) is 69.5 Å². The molecule has 2 heterocycles. The molecule has 9 heteroatoms. The largest absolute Gasteiger partial charge is 0.312 e. The van der Waals surface area contributed by atoms with Gasteiger partial charge in [-0.2, -0.15) is 9.30 Å². The zero-order valence-electron chi connectivity index (χ0n) is 17.7. The van der Waals surface area contributed by atoms with E-state index < -0.39 is 15.9 Å². The number of nitrogens with zero attached hydrogens (tertiary/aromatic N) is 3. The first-order valence-corrected chi connectivity index (χ1v) is 13.4. The highest BCUT2D eigenvalue weighted by Crippen LogP contribution is 2.24. The van der Waals surface area contributed by atoms with E-state index in [4.69, 9.17) is 0 Å². The predicted molar refractivity (Wildman–Crippen MR) is 131 cm³/mol. The lowest BCUT2D eigenvalue weighted by Crippen LogP contribution is -2.37. The van der Waals surface area contributed by atoms with Crippen molar-refractivity contribution in [1.29, 1.82) is 0 Å². The number of hydrogen-bond acceptors (Lipinski definition) is 4. The Kier molecular flexibility index (Phi) is 6.80. The maximum atomic E-state index is 12.9. The summed E-state index contributed by atoms with van der Waals surface area (Å²) in [6.07, 6.45) is 3.49. The Morgan fingerprint density at radius 3 is 2.56 bits per heavy atom. The van der Waals surface area contributed by atoms with E-state index in [1.807, 2.05) is 22.8 Å². The number of aromatic nitrogens is 1. The molecule has 0 atom stereocenters. The summed E-state index contributed by atoms with van der Waals surface area (Å²) in [5.41, 5.74) is 1.32. The second kappa shape index (κ2) is 9.43. The van der Waals surface area contributed by atoms with Gasteiger partial charge in [-0.25, -0.2) is 8.42 Å². The van der Waals surface area contributed by atoms with Crippen LogP contribution in [0.1, 0.15) is 30.1 Å². The fourth-order valence-electron chi connectivity index (χ4n) is 3.73. The molecule has 1 amide bonds. The third-order valence-corrected chi connectivity index (χ3v) is 9.08. The first-order chi connectivity index (χ1) is 15.3. The van der Waals surface area contributed by atoms with Gasteiger partial charge >= 0.3 is 0 Å². The monoisotopic (exact) mass is 533 g/mol. The number of carbonyl (C=O) groups is 1. The third-order valence-electron chi connectivity index (χ3n) is 5.64. The van der Waals surface area contributed by atoms with Gasteiger partial charge in [-0.05, 0) is 61.2 Å². The van der Waals surface area contributed by atoms with Crippen molar-refractivity contribution >= 4 is 53.4 Å². The highest BCUT2D eigenvalue weighted by atomic mass is 79.9. The lowest BCUT2D eigenvalue weighted by atomic mass is 10.0. The second-order valence-electron chi connectivity index (χ2n) is 7.92.